The first-order chi connectivity index (χ1) is 17.8. The normalized spacial score (nSPS) is 15.4. The predicted octanol–water partition coefficient (Wildman–Crippen LogP) is 4.85. The number of amides is 1. The number of hydrogen-bond donors (Lipinski definition) is 2. The molecule has 206 valence electrons. The van der Waals surface area contributed by atoms with Gasteiger partial charge in [0, 0.05) is 18.0 Å². The lowest BCUT2D eigenvalue weighted by molar-refractivity contribution is -0.134. The van der Waals surface area contributed by atoms with Gasteiger partial charge in [-0.15, -0.1) is 21.5 Å². The zero-order valence-electron chi connectivity index (χ0n) is 20.8. The third-order valence-corrected chi connectivity index (χ3v) is 9.47. The summed E-state index contributed by atoms with van der Waals surface area (Å²) in [5.74, 6) is -0.614. The summed E-state index contributed by atoms with van der Waals surface area (Å²) in [5, 5.41) is 11.5. The van der Waals surface area contributed by atoms with Crippen molar-refractivity contribution in [2.75, 3.05) is 18.4 Å². The molecule has 1 aliphatic carbocycles. The maximum Gasteiger partial charge on any atom is 0.425 e. The number of ether oxygens (including phenoxy) is 2. The number of alkyl halides is 3. The summed E-state index contributed by atoms with van der Waals surface area (Å²) in [7, 11) is -2.72. The van der Waals surface area contributed by atoms with Gasteiger partial charge in [-0.1, -0.05) is 25.2 Å². The van der Waals surface area contributed by atoms with E-state index >= 15 is 0 Å². The Kier molecular flexibility index (Phi) is 7.91. The lowest BCUT2D eigenvalue weighted by Gasteiger charge is -2.12. The molecule has 1 aromatic carbocycles. The second-order valence-electron chi connectivity index (χ2n) is 8.79. The molecule has 3 aromatic rings. The van der Waals surface area contributed by atoms with E-state index in [0.29, 0.717) is 28.3 Å². The number of aromatic nitrogens is 2. The molecule has 1 unspecified atom stereocenters. The van der Waals surface area contributed by atoms with Gasteiger partial charge in [0.2, 0.25) is 5.13 Å². The molecule has 1 atom stereocenters. The van der Waals surface area contributed by atoms with Crippen molar-refractivity contribution in [3.8, 4) is 11.5 Å². The van der Waals surface area contributed by atoms with Gasteiger partial charge < -0.3 is 14.8 Å². The number of nitrogens with one attached hydrogen (secondary N) is 2. The minimum atomic E-state index is -4.60. The van der Waals surface area contributed by atoms with Gasteiger partial charge in [0.05, 0.1) is 13.7 Å². The van der Waals surface area contributed by atoms with E-state index in [1.165, 1.54) is 13.2 Å². The van der Waals surface area contributed by atoms with Crippen molar-refractivity contribution in [3.05, 3.63) is 44.1 Å². The summed E-state index contributed by atoms with van der Waals surface area (Å²) in [6, 6.07) is 3.43. The fourth-order valence-electron chi connectivity index (χ4n) is 3.96. The highest BCUT2D eigenvalue weighted by atomic mass is 32.2. The van der Waals surface area contributed by atoms with Gasteiger partial charge in [0.25, 0.3) is 15.9 Å². The van der Waals surface area contributed by atoms with Crippen LogP contribution in [-0.2, 0) is 29.0 Å². The second kappa shape index (κ2) is 10.7. The molecular weight excluding hydrogens is 565 g/mol. The van der Waals surface area contributed by atoms with Crippen molar-refractivity contribution in [2.24, 2.45) is 0 Å². The van der Waals surface area contributed by atoms with E-state index in [1.54, 1.807) is 13.0 Å². The minimum absolute atomic E-state index is 0.0891. The van der Waals surface area contributed by atoms with E-state index < -0.39 is 33.0 Å². The Hall–Kier alpha value is -2.91. The molecule has 0 saturated carbocycles. The van der Waals surface area contributed by atoms with E-state index in [-0.39, 0.29) is 45.3 Å². The average Bonchev–Trinajstić information content (AvgIpc) is 3.55. The van der Waals surface area contributed by atoms with Crippen LogP contribution in [0.25, 0.3) is 0 Å². The molecule has 4 rings (SSSR count). The first-order valence-corrected chi connectivity index (χ1v) is 14.6. The number of thiophene rings is 1. The second-order valence-corrected chi connectivity index (χ2v) is 12.5. The standard InChI is InChI=1S/C23H25F3N4O5S3/c1-5-35-16-10-18(23(24,25)26)36-19(16)20(31)27-14-6-12-8-15(34-4)17(9-13(12)7-14)38(32,33)30-22-29-28-21(37-22)11(2)3/h8-11,14H,5-7H2,1-4H3,(H,27,31)(H,29,30). The molecule has 0 spiro atoms. The lowest BCUT2D eigenvalue weighted by atomic mass is 10.1. The molecular formula is C23H25F3N4O5S3. The summed E-state index contributed by atoms with van der Waals surface area (Å²) in [6.45, 7) is 5.55. The summed E-state index contributed by atoms with van der Waals surface area (Å²) in [5.41, 5.74) is 1.43. The number of anilines is 1. The monoisotopic (exact) mass is 590 g/mol. The van der Waals surface area contributed by atoms with E-state index in [2.05, 4.69) is 20.2 Å². The van der Waals surface area contributed by atoms with Crippen molar-refractivity contribution >= 4 is 43.7 Å². The molecule has 0 radical (unpaired) electrons. The van der Waals surface area contributed by atoms with Crippen LogP contribution in [0.2, 0.25) is 0 Å². The van der Waals surface area contributed by atoms with Crippen LogP contribution >= 0.6 is 22.7 Å². The summed E-state index contributed by atoms with van der Waals surface area (Å²) < 4.78 is 79.0. The number of carbonyl (C=O) groups is 1. The first kappa shape index (κ1) is 28.1. The average molecular weight is 591 g/mol. The SMILES string of the molecule is CCOc1cc(C(F)(F)F)sc1C(=O)NC1Cc2cc(OC)c(S(=O)(=O)Nc3nnc(C(C)C)s3)cc2C1. The van der Waals surface area contributed by atoms with Crippen LogP contribution < -0.4 is 19.5 Å². The van der Waals surface area contributed by atoms with Crippen LogP contribution in [-0.4, -0.2) is 44.3 Å². The van der Waals surface area contributed by atoms with Gasteiger partial charge in [-0.2, -0.15) is 13.2 Å². The maximum absolute atomic E-state index is 13.2. The Morgan fingerprint density at radius 1 is 1.13 bits per heavy atom. The highest BCUT2D eigenvalue weighted by molar-refractivity contribution is 7.93. The highest BCUT2D eigenvalue weighted by Crippen LogP contribution is 2.40. The van der Waals surface area contributed by atoms with Gasteiger partial charge in [-0.25, -0.2) is 8.42 Å². The Balaban J connectivity index is 1.54. The molecule has 1 aliphatic rings. The molecule has 15 heteroatoms. The fraction of sp³-hybridized carbons (Fsp3) is 0.435. The number of hydrogen-bond acceptors (Lipinski definition) is 9. The van der Waals surface area contributed by atoms with E-state index in [9.17, 15) is 26.4 Å². The van der Waals surface area contributed by atoms with Crippen molar-refractivity contribution < 1.29 is 35.9 Å². The minimum Gasteiger partial charge on any atom is -0.495 e. The van der Waals surface area contributed by atoms with E-state index in [4.69, 9.17) is 9.47 Å². The number of halogens is 3. The van der Waals surface area contributed by atoms with Crippen molar-refractivity contribution in [3.63, 3.8) is 0 Å². The summed E-state index contributed by atoms with van der Waals surface area (Å²) >= 11 is 1.45. The number of methoxy groups -OCH3 is 1. The van der Waals surface area contributed by atoms with Crippen molar-refractivity contribution in [2.45, 2.75) is 56.6 Å². The molecule has 1 amide bonds. The number of fused-ring (bicyclic) bond motifs is 1. The van der Waals surface area contributed by atoms with Crippen LogP contribution in [0, 0.1) is 0 Å². The topological polar surface area (TPSA) is 120 Å². The molecule has 2 heterocycles. The Labute approximate surface area is 225 Å². The van der Waals surface area contributed by atoms with Crippen LogP contribution in [0.4, 0.5) is 18.3 Å². The Bertz CT molecular complexity index is 1450. The molecule has 38 heavy (non-hydrogen) atoms. The maximum atomic E-state index is 13.2. The van der Waals surface area contributed by atoms with Gasteiger partial charge >= 0.3 is 6.18 Å². The summed E-state index contributed by atoms with van der Waals surface area (Å²) in [4.78, 5) is 11.7. The first-order valence-electron chi connectivity index (χ1n) is 11.5. The Morgan fingerprint density at radius 3 is 2.39 bits per heavy atom. The lowest BCUT2D eigenvalue weighted by Crippen LogP contribution is -2.35. The van der Waals surface area contributed by atoms with Crippen molar-refractivity contribution in [1.29, 1.82) is 0 Å². The molecule has 0 bridgehead atoms. The van der Waals surface area contributed by atoms with Gasteiger partial charge in [0.1, 0.15) is 31.2 Å². The van der Waals surface area contributed by atoms with Gasteiger partial charge in [-0.05, 0) is 43.0 Å². The smallest absolute Gasteiger partial charge is 0.425 e. The number of benzene rings is 1. The van der Waals surface area contributed by atoms with Gasteiger partial charge in [-0.3, -0.25) is 9.52 Å². The molecule has 0 aliphatic heterocycles. The molecule has 0 fully saturated rings. The van der Waals surface area contributed by atoms with Crippen LogP contribution in [0.3, 0.4) is 0 Å². The molecule has 9 nitrogen and oxygen atoms in total. The van der Waals surface area contributed by atoms with Crippen LogP contribution in [0.15, 0.2) is 23.1 Å². The fourth-order valence-corrected chi connectivity index (χ4v) is 7.01. The zero-order valence-corrected chi connectivity index (χ0v) is 23.3. The third-order valence-electron chi connectivity index (χ3n) is 5.68. The zero-order chi connectivity index (χ0) is 27.8. The number of nitrogens with zero attached hydrogens (tertiary/aromatic N) is 2. The predicted molar refractivity (Wildman–Crippen MR) is 137 cm³/mol. The molecule has 2 N–H and O–H groups in total. The largest absolute Gasteiger partial charge is 0.495 e. The number of rotatable bonds is 9. The Morgan fingerprint density at radius 2 is 1.82 bits per heavy atom. The van der Waals surface area contributed by atoms with E-state index in [1.807, 2.05) is 13.8 Å². The van der Waals surface area contributed by atoms with Gasteiger partial charge in [0.15, 0.2) is 0 Å². The summed E-state index contributed by atoms with van der Waals surface area (Å²) in [6.07, 6.45) is -3.97. The quantitative estimate of drug-likeness (QED) is 0.366. The third kappa shape index (κ3) is 5.89. The molecule has 2 aromatic heterocycles. The molecule has 0 saturated heterocycles. The van der Waals surface area contributed by atoms with Crippen LogP contribution in [0.5, 0.6) is 11.5 Å². The van der Waals surface area contributed by atoms with Crippen molar-refractivity contribution in [1.82, 2.24) is 15.5 Å². The van der Waals surface area contributed by atoms with Crippen LogP contribution in [0.1, 0.15) is 57.4 Å². The highest BCUT2D eigenvalue weighted by Gasteiger charge is 2.36. The number of carbonyl (C=O) groups excluding carboxylic acids is 1. The van der Waals surface area contributed by atoms with E-state index in [0.717, 1.165) is 23.0 Å². The number of sulfonamides is 1.